The molecule has 5 rings (SSSR count). The molecule has 1 aromatic heterocycles. The van der Waals surface area contributed by atoms with Crippen molar-refractivity contribution in [3.8, 4) is 22.8 Å². The Morgan fingerprint density at radius 3 is 2.37 bits per heavy atom. The summed E-state index contributed by atoms with van der Waals surface area (Å²) in [5, 5.41) is 12.8. The summed E-state index contributed by atoms with van der Waals surface area (Å²) >= 11 is 0. The van der Waals surface area contributed by atoms with Crippen molar-refractivity contribution >= 4 is 27.8 Å². The highest BCUT2D eigenvalue weighted by Gasteiger charge is 2.22. The van der Waals surface area contributed by atoms with Gasteiger partial charge < -0.3 is 19.1 Å². The van der Waals surface area contributed by atoms with Gasteiger partial charge >= 0.3 is 6.16 Å². The lowest BCUT2D eigenvalue weighted by molar-refractivity contribution is 0.141. The van der Waals surface area contributed by atoms with Crippen LogP contribution in [0.1, 0.15) is 18.4 Å². The van der Waals surface area contributed by atoms with Crippen LogP contribution in [0.3, 0.4) is 0 Å². The van der Waals surface area contributed by atoms with Crippen LogP contribution in [0.5, 0.6) is 11.6 Å². The van der Waals surface area contributed by atoms with E-state index < -0.39 is 6.16 Å². The van der Waals surface area contributed by atoms with E-state index in [9.17, 15) is 9.90 Å². The van der Waals surface area contributed by atoms with E-state index in [-0.39, 0.29) is 0 Å². The van der Waals surface area contributed by atoms with Gasteiger partial charge in [-0.05, 0) is 48.4 Å². The molecule has 1 heterocycles. The highest BCUT2D eigenvalue weighted by atomic mass is 16.7. The van der Waals surface area contributed by atoms with Gasteiger partial charge in [0.1, 0.15) is 5.75 Å². The summed E-state index contributed by atoms with van der Waals surface area (Å²) in [4.78, 5) is 11.7. The molecule has 0 bridgehead atoms. The number of benzene rings is 4. The molecule has 0 unspecified atom stereocenters. The Labute approximate surface area is 204 Å². The fourth-order valence-corrected chi connectivity index (χ4v) is 4.68. The quantitative estimate of drug-likeness (QED) is 0.188. The van der Waals surface area contributed by atoms with Crippen molar-refractivity contribution in [2.75, 3.05) is 6.61 Å². The zero-order valence-electron chi connectivity index (χ0n) is 19.6. The first-order valence-corrected chi connectivity index (χ1v) is 11.8. The third-order valence-corrected chi connectivity index (χ3v) is 6.30. The number of unbranched alkanes of at least 4 members (excludes halogenated alkanes) is 1. The van der Waals surface area contributed by atoms with Gasteiger partial charge in [0.05, 0.1) is 17.7 Å². The van der Waals surface area contributed by atoms with Crippen molar-refractivity contribution < 1.29 is 19.4 Å². The standard InChI is InChI=1S/C30H27NO4/c1-21-11-2-4-14-23(21)28-25-16-6-7-17-26(25)31(29(28)35-30(32)33)19-8-9-20-34-27-18-10-13-22-12-3-5-15-24(22)27/h2-7,10-18H,8-9,19-20H2,1H3,(H,32,33). The van der Waals surface area contributed by atoms with Crippen molar-refractivity contribution in [3.05, 3.63) is 96.6 Å². The minimum atomic E-state index is -1.32. The Kier molecular flexibility index (Phi) is 6.40. The van der Waals surface area contributed by atoms with E-state index in [0.717, 1.165) is 57.0 Å². The number of fused-ring (bicyclic) bond motifs is 2. The van der Waals surface area contributed by atoms with E-state index in [1.807, 2.05) is 84.3 Å². The lowest BCUT2D eigenvalue weighted by atomic mass is 10.00. The SMILES string of the molecule is Cc1ccccc1-c1c(OC(=O)O)n(CCCCOc2cccc3ccccc23)c2ccccc12. The lowest BCUT2D eigenvalue weighted by Crippen LogP contribution is -2.10. The Hall–Kier alpha value is -4.25. The van der Waals surface area contributed by atoms with Crippen molar-refractivity contribution in [1.82, 2.24) is 4.57 Å². The van der Waals surface area contributed by atoms with Gasteiger partial charge in [-0.2, -0.15) is 0 Å². The third kappa shape index (κ3) is 4.58. The first kappa shape index (κ1) is 22.5. The summed E-state index contributed by atoms with van der Waals surface area (Å²) in [7, 11) is 0. The van der Waals surface area contributed by atoms with E-state index in [0.29, 0.717) is 19.0 Å². The van der Waals surface area contributed by atoms with Crippen molar-refractivity contribution in [2.45, 2.75) is 26.3 Å². The molecule has 0 saturated carbocycles. The number of carboxylic acid groups (broad SMARTS) is 1. The van der Waals surface area contributed by atoms with Crippen LogP contribution in [0.2, 0.25) is 0 Å². The minimum absolute atomic E-state index is 0.364. The minimum Gasteiger partial charge on any atom is -0.493 e. The van der Waals surface area contributed by atoms with Crippen LogP contribution in [0, 0.1) is 6.92 Å². The van der Waals surface area contributed by atoms with Crippen LogP contribution in [0.25, 0.3) is 32.8 Å². The number of aromatic nitrogens is 1. The van der Waals surface area contributed by atoms with E-state index in [4.69, 9.17) is 9.47 Å². The topological polar surface area (TPSA) is 60.7 Å². The van der Waals surface area contributed by atoms with E-state index in [2.05, 4.69) is 18.2 Å². The molecule has 0 atom stereocenters. The summed E-state index contributed by atoms with van der Waals surface area (Å²) in [5.41, 5.74) is 3.80. The average molecular weight is 466 g/mol. The maximum absolute atomic E-state index is 11.7. The maximum atomic E-state index is 11.7. The van der Waals surface area contributed by atoms with Crippen LogP contribution in [0.4, 0.5) is 4.79 Å². The van der Waals surface area contributed by atoms with Crippen molar-refractivity contribution in [2.24, 2.45) is 0 Å². The monoisotopic (exact) mass is 465 g/mol. The molecule has 1 N–H and O–H groups in total. The third-order valence-electron chi connectivity index (χ3n) is 6.30. The summed E-state index contributed by atoms with van der Waals surface area (Å²) in [6, 6.07) is 30.2. The molecule has 0 saturated heterocycles. The van der Waals surface area contributed by atoms with Crippen LogP contribution in [-0.4, -0.2) is 22.4 Å². The normalized spacial score (nSPS) is 11.1. The highest BCUT2D eigenvalue weighted by Crippen LogP contribution is 2.41. The zero-order chi connectivity index (χ0) is 24.2. The molecule has 0 fully saturated rings. The second-order valence-electron chi connectivity index (χ2n) is 8.56. The lowest BCUT2D eigenvalue weighted by Gasteiger charge is -2.12. The van der Waals surface area contributed by atoms with Gasteiger partial charge in [-0.25, -0.2) is 4.79 Å². The summed E-state index contributed by atoms with van der Waals surface area (Å²) in [5.74, 6) is 1.24. The van der Waals surface area contributed by atoms with Crippen LogP contribution in [-0.2, 0) is 6.54 Å². The smallest absolute Gasteiger partial charge is 0.493 e. The number of aryl methyl sites for hydroxylation is 2. The fourth-order valence-electron chi connectivity index (χ4n) is 4.68. The molecule has 0 amide bonds. The van der Waals surface area contributed by atoms with Crippen molar-refractivity contribution in [1.29, 1.82) is 0 Å². The van der Waals surface area contributed by atoms with E-state index in [1.54, 1.807) is 0 Å². The van der Waals surface area contributed by atoms with Gasteiger partial charge in [-0.1, -0.05) is 78.9 Å². The number of hydrogen-bond donors (Lipinski definition) is 1. The molecule has 176 valence electrons. The Balaban J connectivity index is 1.39. The predicted molar refractivity (Wildman–Crippen MR) is 139 cm³/mol. The molecule has 0 spiro atoms. The molecule has 0 radical (unpaired) electrons. The fraction of sp³-hybridized carbons (Fsp3) is 0.167. The molecule has 5 nitrogen and oxygen atoms in total. The van der Waals surface area contributed by atoms with Crippen LogP contribution >= 0.6 is 0 Å². The van der Waals surface area contributed by atoms with E-state index >= 15 is 0 Å². The maximum Gasteiger partial charge on any atom is 0.512 e. The molecule has 4 aromatic carbocycles. The molecule has 5 aromatic rings. The number of hydrogen-bond acceptors (Lipinski definition) is 3. The molecule has 0 aliphatic heterocycles. The van der Waals surface area contributed by atoms with E-state index in [1.165, 1.54) is 0 Å². The van der Waals surface area contributed by atoms with Crippen LogP contribution in [0.15, 0.2) is 91.0 Å². The largest absolute Gasteiger partial charge is 0.512 e. The van der Waals surface area contributed by atoms with Gasteiger partial charge in [0.15, 0.2) is 0 Å². The predicted octanol–water partition coefficient (Wildman–Crippen LogP) is 7.69. The zero-order valence-corrected chi connectivity index (χ0v) is 19.6. The average Bonchev–Trinajstić information content (AvgIpc) is 3.16. The Morgan fingerprint density at radius 2 is 1.54 bits per heavy atom. The second-order valence-corrected chi connectivity index (χ2v) is 8.56. The van der Waals surface area contributed by atoms with Gasteiger partial charge in [0.25, 0.3) is 0 Å². The Bertz CT molecular complexity index is 1500. The molecular formula is C30H27NO4. The van der Waals surface area contributed by atoms with Gasteiger partial charge in [0, 0.05) is 17.3 Å². The first-order chi connectivity index (χ1) is 17.1. The number of ether oxygens (including phenoxy) is 2. The first-order valence-electron chi connectivity index (χ1n) is 11.8. The number of carbonyl (C=O) groups is 1. The number of rotatable bonds is 8. The van der Waals surface area contributed by atoms with Gasteiger partial charge in [-0.15, -0.1) is 0 Å². The molecule has 5 heteroatoms. The summed E-state index contributed by atoms with van der Waals surface area (Å²) in [6.07, 6.45) is 0.317. The van der Waals surface area contributed by atoms with Crippen LogP contribution < -0.4 is 9.47 Å². The number of nitrogens with zero attached hydrogens (tertiary/aromatic N) is 1. The second kappa shape index (κ2) is 9.94. The highest BCUT2D eigenvalue weighted by molar-refractivity contribution is 6.01. The summed E-state index contributed by atoms with van der Waals surface area (Å²) < 4.78 is 13.5. The Morgan fingerprint density at radius 1 is 0.829 bits per heavy atom. The van der Waals surface area contributed by atoms with Crippen molar-refractivity contribution in [3.63, 3.8) is 0 Å². The molecule has 35 heavy (non-hydrogen) atoms. The van der Waals surface area contributed by atoms with Gasteiger partial charge in [-0.3, -0.25) is 0 Å². The molecule has 0 aliphatic rings. The molecule has 0 aliphatic carbocycles. The summed E-state index contributed by atoms with van der Waals surface area (Å²) in [6.45, 7) is 3.22. The number of para-hydroxylation sites is 1. The molecular weight excluding hydrogens is 438 g/mol. The van der Waals surface area contributed by atoms with Gasteiger partial charge in [0.2, 0.25) is 5.88 Å².